The zero-order valence-corrected chi connectivity index (χ0v) is 12.9. The van der Waals surface area contributed by atoms with E-state index in [1.54, 1.807) is 11.8 Å². The van der Waals surface area contributed by atoms with Crippen molar-refractivity contribution in [3.05, 3.63) is 54.1 Å². The highest BCUT2D eigenvalue weighted by atomic mass is 32.2. The van der Waals surface area contributed by atoms with Gasteiger partial charge in [-0.05, 0) is 42.9 Å². The molecule has 0 bridgehead atoms. The Kier molecular flexibility index (Phi) is 4.15. The topological polar surface area (TPSA) is 41.6 Å². The summed E-state index contributed by atoms with van der Waals surface area (Å²) in [5, 5.41) is 0. The molecular formula is C17H19N3S. The highest BCUT2D eigenvalue weighted by Crippen LogP contribution is 2.30. The first-order valence-corrected chi connectivity index (χ1v) is 8.34. The van der Waals surface area contributed by atoms with Crippen LogP contribution in [0.2, 0.25) is 0 Å². The lowest BCUT2D eigenvalue weighted by Gasteiger charge is -2.30. The fourth-order valence-corrected chi connectivity index (χ4v) is 3.21. The van der Waals surface area contributed by atoms with Crippen LogP contribution in [-0.2, 0) is 6.42 Å². The molecule has 1 aliphatic rings. The third kappa shape index (κ3) is 2.90. The standard InChI is InChI=1S/C17H19N3S/c1-21-16-11-5-3-9-14(16)19-17(18)20-12-6-8-13-7-2-4-10-15(13)20/h2-5,7,9-11H,6,8,12H2,1H3,(H2,18,19). The second-order valence-electron chi connectivity index (χ2n) is 5.03. The number of rotatable bonds is 2. The monoisotopic (exact) mass is 297 g/mol. The van der Waals surface area contributed by atoms with Crippen LogP contribution < -0.4 is 10.6 Å². The van der Waals surface area contributed by atoms with E-state index in [2.05, 4.69) is 46.5 Å². The molecule has 0 unspecified atom stereocenters. The predicted molar refractivity (Wildman–Crippen MR) is 91.6 cm³/mol. The van der Waals surface area contributed by atoms with E-state index in [1.165, 1.54) is 11.3 Å². The fraction of sp³-hybridized carbons (Fsp3) is 0.235. The molecule has 0 aliphatic carbocycles. The van der Waals surface area contributed by atoms with Gasteiger partial charge in [-0.1, -0.05) is 30.3 Å². The van der Waals surface area contributed by atoms with E-state index in [1.807, 2.05) is 18.2 Å². The number of anilines is 1. The number of hydrogen-bond acceptors (Lipinski definition) is 2. The van der Waals surface area contributed by atoms with Crippen molar-refractivity contribution in [3.63, 3.8) is 0 Å². The van der Waals surface area contributed by atoms with Gasteiger partial charge in [0.2, 0.25) is 5.96 Å². The first-order valence-electron chi connectivity index (χ1n) is 7.12. The Balaban J connectivity index is 1.96. The van der Waals surface area contributed by atoms with E-state index in [4.69, 9.17) is 5.73 Å². The van der Waals surface area contributed by atoms with E-state index >= 15 is 0 Å². The van der Waals surface area contributed by atoms with Crippen LogP contribution in [0.1, 0.15) is 12.0 Å². The maximum atomic E-state index is 6.29. The van der Waals surface area contributed by atoms with Crippen LogP contribution in [0.15, 0.2) is 58.4 Å². The van der Waals surface area contributed by atoms with Gasteiger partial charge in [0, 0.05) is 17.1 Å². The smallest absolute Gasteiger partial charge is 0.201 e. The van der Waals surface area contributed by atoms with E-state index in [9.17, 15) is 0 Å². The van der Waals surface area contributed by atoms with E-state index in [0.29, 0.717) is 5.96 Å². The third-order valence-corrected chi connectivity index (χ3v) is 4.49. The quantitative estimate of drug-likeness (QED) is 0.521. The van der Waals surface area contributed by atoms with Crippen molar-refractivity contribution in [3.8, 4) is 0 Å². The molecule has 4 heteroatoms. The minimum atomic E-state index is 0.573. The van der Waals surface area contributed by atoms with Gasteiger partial charge in [-0.2, -0.15) is 0 Å². The number of nitrogens with two attached hydrogens (primary N) is 1. The van der Waals surface area contributed by atoms with Crippen molar-refractivity contribution in [1.29, 1.82) is 0 Å². The van der Waals surface area contributed by atoms with E-state index in [-0.39, 0.29) is 0 Å². The summed E-state index contributed by atoms with van der Waals surface area (Å²) in [6, 6.07) is 16.5. The molecule has 0 amide bonds. The SMILES string of the molecule is CSc1ccccc1N=C(N)N1CCCc2ccccc21. The Morgan fingerprint density at radius 3 is 2.76 bits per heavy atom. The van der Waals surface area contributed by atoms with Crippen molar-refractivity contribution < 1.29 is 0 Å². The normalized spacial score (nSPS) is 14.9. The maximum Gasteiger partial charge on any atom is 0.201 e. The van der Waals surface area contributed by atoms with Gasteiger partial charge in [0.1, 0.15) is 0 Å². The number of fused-ring (bicyclic) bond motifs is 1. The largest absolute Gasteiger partial charge is 0.369 e. The average Bonchev–Trinajstić information content (AvgIpc) is 2.54. The zero-order chi connectivity index (χ0) is 14.7. The molecular weight excluding hydrogens is 278 g/mol. The summed E-state index contributed by atoms with van der Waals surface area (Å²) in [5.41, 5.74) is 9.76. The molecule has 1 heterocycles. The Hall–Kier alpha value is -1.94. The van der Waals surface area contributed by atoms with Crippen LogP contribution in [0.5, 0.6) is 0 Å². The molecule has 2 N–H and O–H groups in total. The summed E-state index contributed by atoms with van der Waals surface area (Å²) >= 11 is 1.69. The number of aliphatic imine (C=N–C) groups is 1. The summed E-state index contributed by atoms with van der Waals surface area (Å²) in [6.07, 6.45) is 4.28. The van der Waals surface area contributed by atoms with Crippen molar-refractivity contribution in [2.75, 3.05) is 17.7 Å². The fourth-order valence-electron chi connectivity index (χ4n) is 2.68. The number of aryl methyl sites for hydroxylation is 1. The minimum absolute atomic E-state index is 0.573. The predicted octanol–water partition coefficient (Wildman–Crippen LogP) is 3.81. The van der Waals surface area contributed by atoms with Crippen LogP contribution in [0.25, 0.3) is 0 Å². The third-order valence-electron chi connectivity index (χ3n) is 3.71. The molecule has 3 rings (SSSR count). The molecule has 3 nitrogen and oxygen atoms in total. The average molecular weight is 297 g/mol. The highest BCUT2D eigenvalue weighted by molar-refractivity contribution is 7.98. The molecule has 1 aliphatic heterocycles. The molecule has 0 aromatic heterocycles. The molecule has 21 heavy (non-hydrogen) atoms. The van der Waals surface area contributed by atoms with Gasteiger partial charge in [-0.3, -0.25) is 0 Å². The first-order chi connectivity index (χ1) is 10.3. The number of hydrogen-bond donors (Lipinski definition) is 1. The lowest BCUT2D eigenvalue weighted by atomic mass is 10.0. The second-order valence-corrected chi connectivity index (χ2v) is 5.87. The van der Waals surface area contributed by atoms with Gasteiger partial charge in [0.05, 0.1) is 5.69 Å². The van der Waals surface area contributed by atoms with E-state index < -0.39 is 0 Å². The molecule has 2 aromatic rings. The summed E-state index contributed by atoms with van der Waals surface area (Å²) < 4.78 is 0. The van der Waals surface area contributed by atoms with Crippen LogP contribution in [-0.4, -0.2) is 18.8 Å². The number of thioether (sulfide) groups is 1. The Morgan fingerprint density at radius 1 is 1.14 bits per heavy atom. The van der Waals surface area contributed by atoms with Crippen LogP contribution in [0.4, 0.5) is 11.4 Å². The van der Waals surface area contributed by atoms with Crippen molar-refractivity contribution in [2.24, 2.45) is 10.7 Å². The van der Waals surface area contributed by atoms with Crippen LogP contribution >= 0.6 is 11.8 Å². The summed E-state index contributed by atoms with van der Waals surface area (Å²) in [6.45, 7) is 0.924. The number of para-hydroxylation sites is 2. The first kappa shape index (κ1) is 14.0. The summed E-state index contributed by atoms with van der Waals surface area (Å²) in [4.78, 5) is 7.92. The molecule has 0 radical (unpaired) electrons. The van der Waals surface area contributed by atoms with Gasteiger partial charge in [-0.25, -0.2) is 4.99 Å². The molecule has 0 spiro atoms. The number of benzene rings is 2. The van der Waals surface area contributed by atoms with Crippen molar-refractivity contribution in [1.82, 2.24) is 0 Å². The van der Waals surface area contributed by atoms with Crippen LogP contribution in [0.3, 0.4) is 0 Å². The highest BCUT2D eigenvalue weighted by Gasteiger charge is 2.19. The number of nitrogens with zero attached hydrogens (tertiary/aromatic N) is 2. The van der Waals surface area contributed by atoms with Gasteiger partial charge < -0.3 is 10.6 Å². The van der Waals surface area contributed by atoms with Gasteiger partial charge in [-0.15, -0.1) is 11.8 Å². The molecule has 2 aromatic carbocycles. The van der Waals surface area contributed by atoms with Crippen molar-refractivity contribution in [2.45, 2.75) is 17.7 Å². The van der Waals surface area contributed by atoms with E-state index in [0.717, 1.165) is 30.0 Å². The Labute approximate surface area is 129 Å². The second kappa shape index (κ2) is 6.22. The summed E-state index contributed by atoms with van der Waals surface area (Å²) in [5.74, 6) is 0.573. The van der Waals surface area contributed by atoms with Gasteiger partial charge in [0.25, 0.3) is 0 Å². The van der Waals surface area contributed by atoms with Gasteiger partial charge in [0.15, 0.2) is 0 Å². The Bertz CT molecular complexity index is 667. The Morgan fingerprint density at radius 2 is 1.90 bits per heavy atom. The van der Waals surface area contributed by atoms with Gasteiger partial charge >= 0.3 is 0 Å². The molecule has 0 atom stereocenters. The zero-order valence-electron chi connectivity index (χ0n) is 12.1. The summed E-state index contributed by atoms with van der Waals surface area (Å²) in [7, 11) is 0. The lowest BCUT2D eigenvalue weighted by Crippen LogP contribution is -2.40. The minimum Gasteiger partial charge on any atom is -0.369 e. The molecule has 0 saturated carbocycles. The maximum absolute atomic E-state index is 6.29. The molecule has 0 fully saturated rings. The van der Waals surface area contributed by atoms with Crippen molar-refractivity contribution >= 4 is 29.1 Å². The van der Waals surface area contributed by atoms with Crippen LogP contribution in [0, 0.1) is 0 Å². The number of guanidine groups is 1. The molecule has 108 valence electrons. The lowest BCUT2D eigenvalue weighted by molar-refractivity contribution is 0.775. The molecule has 0 saturated heterocycles.